The van der Waals surface area contributed by atoms with E-state index < -0.39 is 17.7 Å². The molecule has 0 aliphatic carbocycles. The van der Waals surface area contributed by atoms with Crippen molar-refractivity contribution >= 4 is 57.7 Å². The predicted octanol–water partition coefficient (Wildman–Crippen LogP) is 6.00. The Morgan fingerprint density at radius 1 is 1.13 bits per heavy atom. The van der Waals surface area contributed by atoms with Gasteiger partial charge in [0.25, 0.3) is 11.7 Å². The van der Waals surface area contributed by atoms with Gasteiger partial charge in [0.15, 0.2) is 0 Å². The summed E-state index contributed by atoms with van der Waals surface area (Å²) >= 11 is 13.8. The summed E-state index contributed by atoms with van der Waals surface area (Å²) in [6, 6.07) is 12.5. The molecule has 0 radical (unpaired) electrons. The topological polar surface area (TPSA) is 66.8 Å². The number of aliphatic hydroxyl groups excluding tert-OH is 1. The molecule has 1 atom stereocenters. The normalized spacial score (nSPS) is 17.9. The second kappa shape index (κ2) is 8.38. The standard InChI is InChI=1S/C23H17Cl2NO4S/c1-12-8-9-31-22(12)19-18(20(27)13-6-7-17(30-2)16(25)10-13)21(28)23(29)26(19)15-5-3-4-14(24)11-15/h3-11,19,27H,1-2H3/b20-18-. The maximum atomic E-state index is 13.1. The zero-order chi connectivity index (χ0) is 22.3. The first-order valence-electron chi connectivity index (χ1n) is 9.28. The van der Waals surface area contributed by atoms with E-state index in [0.29, 0.717) is 22.0 Å². The van der Waals surface area contributed by atoms with E-state index in [1.54, 1.807) is 36.4 Å². The predicted molar refractivity (Wildman–Crippen MR) is 123 cm³/mol. The fourth-order valence-electron chi connectivity index (χ4n) is 3.61. The third-order valence-electron chi connectivity index (χ3n) is 5.11. The zero-order valence-electron chi connectivity index (χ0n) is 16.6. The molecule has 158 valence electrons. The van der Waals surface area contributed by atoms with Crippen LogP contribution >= 0.6 is 34.5 Å². The largest absolute Gasteiger partial charge is 0.507 e. The Labute approximate surface area is 193 Å². The van der Waals surface area contributed by atoms with Crippen molar-refractivity contribution < 1.29 is 19.4 Å². The molecule has 0 spiro atoms. The van der Waals surface area contributed by atoms with Crippen LogP contribution in [0.2, 0.25) is 10.0 Å². The van der Waals surface area contributed by atoms with Crippen molar-refractivity contribution in [3.05, 3.63) is 85.5 Å². The van der Waals surface area contributed by atoms with E-state index in [2.05, 4.69) is 0 Å². The molecule has 1 saturated heterocycles. The molecule has 5 nitrogen and oxygen atoms in total. The Hall–Kier alpha value is -2.80. The highest BCUT2D eigenvalue weighted by Crippen LogP contribution is 2.45. The van der Waals surface area contributed by atoms with Gasteiger partial charge in [-0.05, 0) is 60.3 Å². The number of carbonyl (C=O) groups is 2. The van der Waals surface area contributed by atoms with Crippen molar-refractivity contribution in [3.8, 4) is 5.75 Å². The fraction of sp³-hybridized carbons (Fsp3) is 0.130. The van der Waals surface area contributed by atoms with E-state index in [1.165, 1.54) is 29.4 Å². The summed E-state index contributed by atoms with van der Waals surface area (Å²) in [5.74, 6) is -1.38. The Balaban J connectivity index is 1.95. The van der Waals surface area contributed by atoms with Crippen LogP contribution in [0, 0.1) is 6.92 Å². The number of anilines is 1. The number of hydrogen-bond acceptors (Lipinski definition) is 5. The summed E-state index contributed by atoms with van der Waals surface area (Å²) < 4.78 is 5.16. The molecule has 8 heteroatoms. The molecule has 2 aromatic carbocycles. The van der Waals surface area contributed by atoms with E-state index >= 15 is 0 Å². The third kappa shape index (κ3) is 3.71. The van der Waals surface area contributed by atoms with Crippen molar-refractivity contribution in [1.82, 2.24) is 0 Å². The molecule has 1 aliphatic rings. The minimum Gasteiger partial charge on any atom is -0.507 e. The number of carbonyl (C=O) groups excluding carboxylic acids is 2. The number of aryl methyl sites for hydroxylation is 1. The van der Waals surface area contributed by atoms with Crippen LogP contribution in [0.25, 0.3) is 5.76 Å². The molecule has 1 aromatic heterocycles. The van der Waals surface area contributed by atoms with Crippen molar-refractivity contribution in [2.45, 2.75) is 13.0 Å². The fourth-order valence-corrected chi connectivity index (χ4v) is 5.07. The lowest BCUT2D eigenvalue weighted by Gasteiger charge is -2.25. The lowest BCUT2D eigenvalue weighted by molar-refractivity contribution is -0.132. The molecule has 0 bridgehead atoms. The van der Waals surface area contributed by atoms with Gasteiger partial charge in [0.05, 0.1) is 17.7 Å². The van der Waals surface area contributed by atoms with Crippen LogP contribution < -0.4 is 9.64 Å². The Morgan fingerprint density at radius 2 is 1.90 bits per heavy atom. The van der Waals surface area contributed by atoms with Crippen molar-refractivity contribution in [2.24, 2.45) is 0 Å². The summed E-state index contributed by atoms with van der Waals surface area (Å²) in [5.41, 5.74) is 1.69. The number of hydrogen-bond donors (Lipinski definition) is 1. The van der Waals surface area contributed by atoms with Gasteiger partial charge in [0.1, 0.15) is 17.6 Å². The van der Waals surface area contributed by atoms with E-state index in [-0.39, 0.29) is 16.4 Å². The minimum absolute atomic E-state index is 0.00300. The Morgan fingerprint density at radius 3 is 2.52 bits per heavy atom. The van der Waals surface area contributed by atoms with Gasteiger partial charge in [-0.2, -0.15) is 0 Å². The number of ketones is 1. The third-order valence-corrected chi connectivity index (χ3v) is 6.71. The van der Waals surface area contributed by atoms with Crippen LogP contribution in [-0.4, -0.2) is 23.9 Å². The van der Waals surface area contributed by atoms with Gasteiger partial charge >= 0.3 is 0 Å². The van der Waals surface area contributed by atoms with E-state index in [4.69, 9.17) is 27.9 Å². The summed E-state index contributed by atoms with van der Waals surface area (Å²) in [4.78, 5) is 28.4. The molecule has 3 aromatic rings. The average Bonchev–Trinajstić information content (AvgIpc) is 3.28. The number of thiophene rings is 1. The van der Waals surface area contributed by atoms with Gasteiger partial charge < -0.3 is 9.84 Å². The van der Waals surface area contributed by atoms with E-state index in [9.17, 15) is 14.7 Å². The smallest absolute Gasteiger partial charge is 0.300 e. The molecule has 0 saturated carbocycles. The van der Waals surface area contributed by atoms with Crippen molar-refractivity contribution in [1.29, 1.82) is 0 Å². The molecule has 4 rings (SSSR count). The van der Waals surface area contributed by atoms with Crippen LogP contribution in [0.1, 0.15) is 22.0 Å². The molecule has 2 heterocycles. The van der Waals surface area contributed by atoms with Gasteiger partial charge in [-0.15, -0.1) is 11.3 Å². The molecule has 1 fully saturated rings. The summed E-state index contributed by atoms with van der Waals surface area (Å²) in [7, 11) is 1.48. The lowest BCUT2D eigenvalue weighted by atomic mass is 9.98. The maximum Gasteiger partial charge on any atom is 0.300 e. The second-order valence-corrected chi connectivity index (χ2v) is 8.76. The second-order valence-electron chi connectivity index (χ2n) is 6.97. The quantitative estimate of drug-likeness (QED) is 0.286. The number of nitrogens with zero attached hydrogens (tertiary/aromatic N) is 1. The number of rotatable bonds is 4. The summed E-state index contributed by atoms with van der Waals surface area (Å²) in [6.45, 7) is 1.90. The number of ether oxygens (including phenoxy) is 1. The van der Waals surface area contributed by atoms with Crippen LogP contribution in [0.15, 0.2) is 59.5 Å². The molecular weight excluding hydrogens is 457 g/mol. The minimum atomic E-state index is -0.792. The molecule has 1 aliphatic heterocycles. The number of aliphatic hydroxyl groups is 1. The van der Waals surface area contributed by atoms with Crippen LogP contribution in [-0.2, 0) is 9.59 Å². The van der Waals surface area contributed by atoms with Gasteiger partial charge in [-0.1, -0.05) is 29.3 Å². The van der Waals surface area contributed by atoms with Crippen molar-refractivity contribution in [2.75, 3.05) is 12.0 Å². The molecule has 31 heavy (non-hydrogen) atoms. The first-order chi connectivity index (χ1) is 14.8. The number of Topliss-reactive ketones (excluding diaryl/α,β-unsaturated/α-hetero) is 1. The summed E-state index contributed by atoms with van der Waals surface area (Å²) in [5, 5.41) is 13.7. The maximum absolute atomic E-state index is 13.1. The number of benzene rings is 2. The SMILES string of the molecule is COc1ccc(/C(O)=C2/C(=O)C(=O)N(c3cccc(Cl)c3)C2c2sccc2C)cc1Cl. The van der Waals surface area contributed by atoms with Gasteiger partial charge in [0, 0.05) is 21.2 Å². The number of methoxy groups -OCH3 is 1. The highest BCUT2D eigenvalue weighted by molar-refractivity contribution is 7.10. The van der Waals surface area contributed by atoms with Gasteiger partial charge in [0.2, 0.25) is 0 Å². The molecule has 1 unspecified atom stereocenters. The monoisotopic (exact) mass is 473 g/mol. The molecular formula is C23H17Cl2NO4S. The van der Waals surface area contributed by atoms with Crippen LogP contribution in [0.5, 0.6) is 5.75 Å². The zero-order valence-corrected chi connectivity index (χ0v) is 18.9. The lowest BCUT2D eigenvalue weighted by Crippen LogP contribution is -2.29. The van der Waals surface area contributed by atoms with E-state index in [0.717, 1.165) is 10.4 Å². The Bertz CT molecular complexity index is 1230. The average molecular weight is 474 g/mol. The highest BCUT2D eigenvalue weighted by atomic mass is 35.5. The van der Waals surface area contributed by atoms with Crippen molar-refractivity contribution in [3.63, 3.8) is 0 Å². The highest BCUT2D eigenvalue weighted by Gasteiger charge is 2.48. The van der Waals surface area contributed by atoms with Crippen LogP contribution in [0.3, 0.4) is 0 Å². The van der Waals surface area contributed by atoms with Gasteiger partial charge in [-0.25, -0.2) is 0 Å². The van der Waals surface area contributed by atoms with Crippen LogP contribution in [0.4, 0.5) is 5.69 Å². The molecule has 1 amide bonds. The number of amides is 1. The first kappa shape index (κ1) is 21.4. The first-order valence-corrected chi connectivity index (χ1v) is 10.9. The number of halogens is 2. The van der Waals surface area contributed by atoms with E-state index in [1.807, 2.05) is 18.4 Å². The summed E-state index contributed by atoms with van der Waals surface area (Å²) in [6.07, 6.45) is 0. The van der Waals surface area contributed by atoms with Gasteiger partial charge in [-0.3, -0.25) is 14.5 Å². The Kier molecular flexibility index (Phi) is 5.79. The molecule has 1 N–H and O–H groups in total.